The summed E-state index contributed by atoms with van der Waals surface area (Å²) in [5.74, 6) is -1.90. The predicted molar refractivity (Wildman–Crippen MR) is 146 cm³/mol. The van der Waals surface area contributed by atoms with Gasteiger partial charge < -0.3 is 14.8 Å². The van der Waals surface area contributed by atoms with Gasteiger partial charge in [-0.25, -0.2) is 9.59 Å². The van der Waals surface area contributed by atoms with E-state index in [2.05, 4.69) is 36.2 Å². The number of ether oxygens (including phenoxy) is 2. The molecule has 0 amide bonds. The Bertz CT molecular complexity index is 1310. The summed E-state index contributed by atoms with van der Waals surface area (Å²) >= 11 is 0. The maximum absolute atomic E-state index is 13.9. The normalized spacial score (nSPS) is 23.7. The van der Waals surface area contributed by atoms with Gasteiger partial charge in [-0.3, -0.25) is 15.0 Å². The van der Waals surface area contributed by atoms with Gasteiger partial charge in [0.25, 0.3) is 5.69 Å². The van der Waals surface area contributed by atoms with Gasteiger partial charge in [0.2, 0.25) is 0 Å². The number of dihydropyridines is 1. The van der Waals surface area contributed by atoms with E-state index in [4.69, 9.17) is 9.47 Å². The summed E-state index contributed by atoms with van der Waals surface area (Å²) in [5, 5.41) is 14.6. The smallest absolute Gasteiger partial charge is 0.337 e. The number of nitro benzene ring substituents is 1. The molecule has 2 aliphatic rings. The highest BCUT2D eigenvalue weighted by molar-refractivity contribution is 6.00. The first-order valence-corrected chi connectivity index (χ1v) is 13.1. The van der Waals surface area contributed by atoms with Crippen LogP contribution in [0.4, 0.5) is 5.69 Å². The number of allylic oxidation sites excluding steroid dienone is 2. The monoisotopic (exact) mass is 533 g/mol. The molecule has 9 nitrogen and oxygen atoms in total. The number of likely N-dealkylation sites (tertiary alicyclic amines) is 1. The summed E-state index contributed by atoms with van der Waals surface area (Å²) in [4.78, 5) is 40.1. The van der Waals surface area contributed by atoms with Crippen LogP contribution in [0.1, 0.15) is 44.7 Å². The molecule has 0 radical (unpaired) electrons. The fraction of sp³-hybridized carbons (Fsp3) is 0.400. The molecule has 39 heavy (non-hydrogen) atoms. The Morgan fingerprint density at radius 2 is 1.59 bits per heavy atom. The topological polar surface area (TPSA) is 111 Å². The molecule has 3 unspecified atom stereocenters. The highest BCUT2D eigenvalue weighted by Gasteiger charge is 2.41. The molecule has 2 aromatic rings. The van der Waals surface area contributed by atoms with Gasteiger partial charge in [0.05, 0.1) is 29.1 Å². The van der Waals surface area contributed by atoms with E-state index in [1.165, 1.54) is 24.8 Å². The Morgan fingerprint density at radius 3 is 2.18 bits per heavy atom. The zero-order valence-corrected chi connectivity index (χ0v) is 23.0. The largest absolute Gasteiger partial charge is 0.466 e. The van der Waals surface area contributed by atoms with E-state index in [-0.39, 0.29) is 34.8 Å². The minimum absolute atomic E-state index is 0.0764. The van der Waals surface area contributed by atoms with Crippen molar-refractivity contribution in [3.8, 4) is 0 Å². The average molecular weight is 534 g/mol. The van der Waals surface area contributed by atoms with Gasteiger partial charge in [0.15, 0.2) is 0 Å². The number of rotatable bonds is 7. The Kier molecular flexibility index (Phi) is 8.50. The molecule has 2 aromatic carbocycles. The van der Waals surface area contributed by atoms with Crippen LogP contribution < -0.4 is 5.32 Å². The number of esters is 2. The summed E-state index contributed by atoms with van der Waals surface area (Å²) in [5.41, 5.74) is 3.05. The van der Waals surface area contributed by atoms with Crippen LogP contribution in [0, 0.1) is 22.0 Å². The van der Waals surface area contributed by atoms with Crippen molar-refractivity contribution in [3.63, 3.8) is 0 Å². The van der Waals surface area contributed by atoms with Crippen LogP contribution in [-0.4, -0.2) is 48.1 Å². The van der Waals surface area contributed by atoms with E-state index in [9.17, 15) is 19.7 Å². The molecule has 0 aliphatic carbocycles. The lowest BCUT2D eigenvalue weighted by Crippen LogP contribution is -2.49. The van der Waals surface area contributed by atoms with Crippen molar-refractivity contribution in [3.05, 3.63) is 98.4 Å². The molecule has 2 heterocycles. The molecule has 0 saturated carbocycles. The predicted octanol–water partition coefficient (Wildman–Crippen LogP) is 4.70. The van der Waals surface area contributed by atoms with Gasteiger partial charge in [-0.2, -0.15) is 0 Å². The van der Waals surface area contributed by atoms with Crippen LogP contribution in [0.25, 0.3) is 0 Å². The SMILES string of the molecule is COC(=O)C1=C(C)NC(C)=C(C(=O)OC2C(C)CN(Cc3ccccc3)CC2C)C1c1cccc([N+](=O)[O-])c1. The van der Waals surface area contributed by atoms with Crippen molar-refractivity contribution < 1.29 is 24.0 Å². The number of non-ortho nitro benzene ring substituents is 1. The summed E-state index contributed by atoms with van der Waals surface area (Å²) in [7, 11) is 1.27. The number of benzene rings is 2. The first-order valence-electron chi connectivity index (χ1n) is 13.1. The second-order valence-electron chi connectivity index (χ2n) is 10.5. The van der Waals surface area contributed by atoms with Crippen LogP contribution in [0.3, 0.4) is 0 Å². The van der Waals surface area contributed by atoms with Gasteiger partial charge in [-0.05, 0) is 25.0 Å². The summed E-state index contributed by atoms with van der Waals surface area (Å²) < 4.78 is 11.2. The molecule has 1 saturated heterocycles. The summed E-state index contributed by atoms with van der Waals surface area (Å²) in [6.07, 6.45) is -0.329. The summed E-state index contributed by atoms with van der Waals surface area (Å²) in [6, 6.07) is 16.3. The summed E-state index contributed by atoms with van der Waals surface area (Å²) in [6.45, 7) is 9.98. The van der Waals surface area contributed by atoms with E-state index in [0.29, 0.717) is 17.0 Å². The highest BCUT2D eigenvalue weighted by Crippen LogP contribution is 2.41. The number of piperidine rings is 1. The van der Waals surface area contributed by atoms with Gasteiger partial charge in [0, 0.05) is 55.0 Å². The Balaban J connectivity index is 1.61. The maximum Gasteiger partial charge on any atom is 0.337 e. The van der Waals surface area contributed by atoms with Crippen LogP contribution in [0.2, 0.25) is 0 Å². The second kappa shape index (κ2) is 11.8. The molecule has 1 fully saturated rings. The lowest BCUT2D eigenvalue weighted by atomic mass is 9.80. The van der Waals surface area contributed by atoms with Crippen molar-refractivity contribution in [1.29, 1.82) is 0 Å². The number of hydrogen-bond acceptors (Lipinski definition) is 8. The molecule has 1 N–H and O–H groups in total. The van der Waals surface area contributed by atoms with Crippen LogP contribution in [0.5, 0.6) is 0 Å². The third kappa shape index (κ3) is 6.04. The van der Waals surface area contributed by atoms with Crippen molar-refractivity contribution in [1.82, 2.24) is 10.2 Å². The molecular formula is C30H35N3O6. The molecule has 0 bridgehead atoms. The van der Waals surface area contributed by atoms with Crippen molar-refractivity contribution >= 4 is 17.6 Å². The van der Waals surface area contributed by atoms with Crippen LogP contribution >= 0.6 is 0 Å². The number of carbonyl (C=O) groups excluding carboxylic acids is 2. The van der Waals surface area contributed by atoms with Gasteiger partial charge in [-0.1, -0.05) is 56.3 Å². The lowest BCUT2D eigenvalue weighted by Gasteiger charge is -2.41. The first-order chi connectivity index (χ1) is 18.6. The molecule has 0 aromatic heterocycles. The van der Waals surface area contributed by atoms with Crippen molar-refractivity contribution in [2.75, 3.05) is 20.2 Å². The lowest BCUT2D eigenvalue weighted by molar-refractivity contribution is -0.384. The number of methoxy groups -OCH3 is 1. The zero-order chi connectivity index (χ0) is 28.3. The average Bonchev–Trinajstić information content (AvgIpc) is 2.90. The van der Waals surface area contributed by atoms with Crippen molar-refractivity contribution in [2.45, 2.75) is 46.3 Å². The van der Waals surface area contributed by atoms with Gasteiger partial charge in [-0.15, -0.1) is 0 Å². The molecule has 3 atom stereocenters. The molecule has 206 valence electrons. The van der Waals surface area contributed by atoms with Gasteiger partial charge in [0.1, 0.15) is 6.10 Å². The number of nitro groups is 1. The first kappa shape index (κ1) is 28.0. The third-order valence-corrected chi connectivity index (χ3v) is 7.51. The zero-order valence-electron chi connectivity index (χ0n) is 23.0. The Labute approximate surface area is 228 Å². The third-order valence-electron chi connectivity index (χ3n) is 7.51. The van der Waals surface area contributed by atoms with Crippen LogP contribution in [-0.2, 0) is 25.6 Å². The maximum atomic E-state index is 13.9. The number of carbonyl (C=O) groups is 2. The van der Waals surface area contributed by atoms with E-state index >= 15 is 0 Å². The molecule has 2 aliphatic heterocycles. The van der Waals surface area contributed by atoms with Crippen LogP contribution in [0.15, 0.2) is 77.1 Å². The number of hydrogen-bond donors (Lipinski definition) is 1. The van der Waals surface area contributed by atoms with Crippen molar-refractivity contribution in [2.24, 2.45) is 11.8 Å². The quantitative estimate of drug-likeness (QED) is 0.310. The minimum Gasteiger partial charge on any atom is -0.466 e. The van der Waals surface area contributed by atoms with Gasteiger partial charge >= 0.3 is 11.9 Å². The minimum atomic E-state index is -0.880. The second-order valence-corrected chi connectivity index (χ2v) is 10.5. The number of nitrogens with one attached hydrogen (secondary N) is 1. The van der Waals surface area contributed by atoms with E-state index in [1.807, 2.05) is 18.2 Å². The molecular weight excluding hydrogens is 498 g/mol. The Hall–Kier alpha value is -3.98. The molecule has 4 rings (SSSR count). The van der Waals surface area contributed by atoms with E-state index in [0.717, 1.165) is 19.6 Å². The fourth-order valence-corrected chi connectivity index (χ4v) is 5.84. The van der Waals surface area contributed by atoms with E-state index < -0.39 is 22.8 Å². The Morgan fingerprint density at radius 1 is 0.974 bits per heavy atom. The number of nitrogens with zero attached hydrogens (tertiary/aromatic N) is 2. The standard InChI is InChI=1S/C30H35N3O6/c1-18-15-32(17-22-10-7-6-8-11-22)16-19(2)28(18)39-30(35)26-21(4)31-20(3)25(29(34)38-5)27(26)23-12-9-13-24(14-23)33(36)37/h6-14,18-19,27-28,31H,15-17H2,1-5H3. The molecule has 9 heteroatoms. The fourth-order valence-electron chi connectivity index (χ4n) is 5.84. The van der Waals surface area contributed by atoms with E-state index in [1.54, 1.807) is 26.0 Å². The molecule has 0 spiro atoms. The highest BCUT2D eigenvalue weighted by atomic mass is 16.6.